The summed E-state index contributed by atoms with van der Waals surface area (Å²) in [4.78, 5) is 27.4. The first-order valence-corrected chi connectivity index (χ1v) is 7.62. The molecule has 0 radical (unpaired) electrons. The molecule has 1 heterocycles. The summed E-state index contributed by atoms with van der Waals surface area (Å²) < 4.78 is 0. The number of urea groups is 1. The van der Waals surface area contributed by atoms with Crippen molar-refractivity contribution in [3.05, 3.63) is 28.8 Å². The Labute approximate surface area is 135 Å². The average Bonchev–Trinajstić information content (AvgIpc) is 2.51. The molecular formula is C15H21ClN4O2. The minimum Gasteiger partial charge on any atom is -0.358 e. The van der Waals surface area contributed by atoms with Gasteiger partial charge in [-0.15, -0.1) is 0 Å². The monoisotopic (exact) mass is 324 g/mol. The molecule has 0 unspecified atom stereocenters. The van der Waals surface area contributed by atoms with E-state index in [1.807, 2.05) is 17.9 Å². The van der Waals surface area contributed by atoms with Gasteiger partial charge in [0.1, 0.15) is 0 Å². The van der Waals surface area contributed by atoms with Crippen LogP contribution in [0, 0.1) is 6.92 Å². The fourth-order valence-corrected chi connectivity index (χ4v) is 2.49. The van der Waals surface area contributed by atoms with Crippen LogP contribution in [0.3, 0.4) is 0 Å². The van der Waals surface area contributed by atoms with Gasteiger partial charge in [-0.05, 0) is 24.6 Å². The lowest BCUT2D eigenvalue weighted by Gasteiger charge is -2.34. The van der Waals surface area contributed by atoms with E-state index in [4.69, 9.17) is 11.6 Å². The summed E-state index contributed by atoms with van der Waals surface area (Å²) in [6, 6.07) is 5.28. The molecular weight excluding hydrogens is 304 g/mol. The van der Waals surface area contributed by atoms with Gasteiger partial charge in [0, 0.05) is 43.9 Å². The largest absolute Gasteiger partial charge is 0.358 e. The smallest absolute Gasteiger partial charge is 0.321 e. The third kappa shape index (κ3) is 4.35. The summed E-state index contributed by atoms with van der Waals surface area (Å²) in [6.07, 6.45) is 0. The second-order valence-electron chi connectivity index (χ2n) is 5.33. The second kappa shape index (κ2) is 7.47. The minimum absolute atomic E-state index is 0.00699. The van der Waals surface area contributed by atoms with Gasteiger partial charge in [0.05, 0.1) is 6.54 Å². The van der Waals surface area contributed by atoms with Crippen molar-refractivity contribution in [2.75, 3.05) is 45.1 Å². The zero-order valence-corrected chi connectivity index (χ0v) is 13.6. The first-order valence-electron chi connectivity index (χ1n) is 7.24. The van der Waals surface area contributed by atoms with Crippen LogP contribution >= 0.6 is 11.6 Å². The quantitative estimate of drug-likeness (QED) is 0.886. The number of nitrogens with one attached hydrogen (secondary N) is 2. The van der Waals surface area contributed by atoms with E-state index in [0.717, 1.165) is 11.3 Å². The van der Waals surface area contributed by atoms with Crippen molar-refractivity contribution in [2.45, 2.75) is 6.92 Å². The van der Waals surface area contributed by atoms with Crippen molar-refractivity contribution >= 4 is 29.2 Å². The molecule has 22 heavy (non-hydrogen) atoms. The minimum atomic E-state index is -0.134. The number of aryl methyl sites for hydroxylation is 1. The van der Waals surface area contributed by atoms with Gasteiger partial charge in [0.2, 0.25) is 5.91 Å². The van der Waals surface area contributed by atoms with E-state index in [9.17, 15) is 9.59 Å². The predicted molar refractivity (Wildman–Crippen MR) is 87.3 cm³/mol. The molecule has 0 aromatic heterocycles. The Bertz CT molecular complexity index is 556. The molecule has 0 atom stereocenters. The standard InChI is InChI=1S/C15H21ClN4O2/c1-11-3-4-12(16)9-13(11)18-15(22)20-7-5-19(6-8-20)10-14(21)17-2/h3-4,9H,5-8,10H2,1-2H3,(H,17,21)(H,18,22). The Morgan fingerprint density at radius 3 is 2.55 bits per heavy atom. The van der Waals surface area contributed by atoms with Crippen LogP contribution in [0.1, 0.15) is 5.56 Å². The molecule has 1 aliphatic rings. The van der Waals surface area contributed by atoms with Crippen LogP contribution < -0.4 is 10.6 Å². The number of hydrogen-bond acceptors (Lipinski definition) is 3. The number of likely N-dealkylation sites (N-methyl/N-ethyl adjacent to an activating group) is 1. The summed E-state index contributed by atoms with van der Waals surface area (Å²) in [5.41, 5.74) is 1.70. The van der Waals surface area contributed by atoms with Gasteiger partial charge in [-0.2, -0.15) is 0 Å². The molecule has 1 aliphatic heterocycles. The lowest BCUT2D eigenvalue weighted by atomic mass is 10.2. The summed E-state index contributed by atoms with van der Waals surface area (Å²) in [5, 5.41) is 6.09. The zero-order chi connectivity index (χ0) is 16.1. The molecule has 2 N–H and O–H groups in total. The molecule has 0 saturated carbocycles. The van der Waals surface area contributed by atoms with Gasteiger partial charge in [-0.25, -0.2) is 4.79 Å². The number of carbonyl (C=O) groups excluding carboxylic acids is 2. The fourth-order valence-electron chi connectivity index (χ4n) is 2.31. The van der Waals surface area contributed by atoms with Crippen molar-refractivity contribution in [1.29, 1.82) is 0 Å². The van der Waals surface area contributed by atoms with Crippen LogP contribution in [0.5, 0.6) is 0 Å². The number of anilines is 1. The second-order valence-corrected chi connectivity index (χ2v) is 5.76. The predicted octanol–water partition coefficient (Wildman–Crippen LogP) is 1.54. The molecule has 120 valence electrons. The fraction of sp³-hybridized carbons (Fsp3) is 0.467. The highest BCUT2D eigenvalue weighted by Crippen LogP contribution is 2.20. The highest BCUT2D eigenvalue weighted by molar-refractivity contribution is 6.31. The summed E-state index contributed by atoms with van der Waals surface area (Å²) in [6.45, 7) is 4.88. The van der Waals surface area contributed by atoms with Crippen molar-refractivity contribution in [1.82, 2.24) is 15.1 Å². The Hall–Kier alpha value is -1.79. The van der Waals surface area contributed by atoms with Crippen LogP contribution in [-0.2, 0) is 4.79 Å². The third-order valence-corrected chi connectivity index (χ3v) is 3.98. The highest BCUT2D eigenvalue weighted by Gasteiger charge is 2.22. The lowest BCUT2D eigenvalue weighted by molar-refractivity contribution is -0.122. The normalized spacial score (nSPS) is 15.5. The van der Waals surface area contributed by atoms with E-state index in [1.54, 1.807) is 24.1 Å². The average molecular weight is 325 g/mol. The molecule has 6 nitrogen and oxygen atoms in total. The summed E-state index contributed by atoms with van der Waals surface area (Å²) in [7, 11) is 1.62. The maximum Gasteiger partial charge on any atom is 0.321 e. The number of hydrogen-bond donors (Lipinski definition) is 2. The highest BCUT2D eigenvalue weighted by atomic mass is 35.5. The molecule has 0 spiro atoms. The van der Waals surface area contributed by atoms with Crippen LogP contribution in [0.2, 0.25) is 5.02 Å². The first kappa shape index (κ1) is 16.6. The molecule has 0 bridgehead atoms. The van der Waals surface area contributed by atoms with Gasteiger partial charge in [0.15, 0.2) is 0 Å². The number of rotatable bonds is 3. The van der Waals surface area contributed by atoms with Crippen LogP contribution in [-0.4, -0.2) is 61.5 Å². The molecule has 1 fully saturated rings. The Balaban J connectivity index is 1.87. The first-order chi connectivity index (χ1) is 10.5. The van der Waals surface area contributed by atoms with Gasteiger partial charge < -0.3 is 15.5 Å². The molecule has 3 amide bonds. The van der Waals surface area contributed by atoms with Crippen molar-refractivity contribution in [2.24, 2.45) is 0 Å². The van der Waals surface area contributed by atoms with Gasteiger partial charge >= 0.3 is 6.03 Å². The van der Waals surface area contributed by atoms with Crippen LogP contribution in [0.4, 0.5) is 10.5 Å². The number of piperazine rings is 1. The van der Waals surface area contributed by atoms with Crippen molar-refractivity contribution in [3.8, 4) is 0 Å². The maximum atomic E-state index is 12.3. The van der Waals surface area contributed by atoms with E-state index in [-0.39, 0.29) is 11.9 Å². The lowest BCUT2D eigenvalue weighted by Crippen LogP contribution is -2.51. The van der Waals surface area contributed by atoms with E-state index < -0.39 is 0 Å². The van der Waals surface area contributed by atoms with Crippen molar-refractivity contribution < 1.29 is 9.59 Å². The molecule has 1 aromatic carbocycles. The van der Waals surface area contributed by atoms with Crippen LogP contribution in [0.25, 0.3) is 0 Å². The zero-order valence-electron chi connectivity index (χ0n) is 12.9. The van der Waals surface area contributed by atoms with Gasteiger partial charge in [-0.1, -0.05) is 17.7 Å². The topological polar surface area (TPSA) is 64.7 Å². The van der Waals surface area contributed by atoms with Gasteiger partial charge in [-0.3, -0.25) is 9.69 Å². The van der Waals surface area contributed by atoms with Crippen LogP contribution in [0.15, 0.2) is 18.2 Å². The van der Waals surface area contributed by atoms with E-state index >= 15 is 0 Å². The van der Waals surface area contributed by atoms with E-state index in [2.05, 4.69) is 10.6 Å². The van der Waals surface area contributed by atoms with Crippen molar-refractivity contribution in [3.63, 3.8) is 0 Å². The molecule has 0 aliphatic carbocycles. The SMILES string of the molecule is CNC(=O)CN1CCN(C(=O)Nc2cc(Cl)ccc2C)CC1. The molecule has 2 rings (SSSR count). The number of nitrogens with zero attached hydrogens (tertiary/aromatic N) is 2. The Morgan fingerprint density at radius 1 is 1.23 bits per heavy atom. The number of halogens is 1. The summed E-state index contributed by atoms with van der Waals surface area (Å²) >= 11 is 5.96. The third-order valence-electron chi connectivity index (χ3n) is 3.75. The summed E-state index contributed by atoms with van der Waals surface area (Å²) in [5.74, 6) is -0.00699. The Kier molecular flexibility index (Phi) is 5.63. The van der Waals surface area contributed by atoms with E-state index in [1.165, 1.54) is 0 Å². The number of benzene rings is 1. The Morgan fingerprint density at radius 2 is 1.91 bits per heavy atom. The molecule has 1 saturated heterocycles. The maximum absolute atomic E-state index is 12.3. The molecule has 7 heteroatoms. The number of carbonyl (C=O) groups is 2. The number of amides is 3. The molecule has 1 aromatic rings. The van der Waals surface area contributed by atoms with E-state index in [0.29, 0.717) is 37.7 Å². The van der Waals surface area contributed by atoms with Gasteiger partial charge in [0.25, 0.3) is 0 Å².